The average molecular weight is 478 g/mol. The molecule has 168 valence electrons. The van der Waals surface area contributed by atoms with E-state index >= 15 is 0 Å². The predicted octanol–water partition coefficient (Wildman–Crippen LogP) is 5.30. The summed E-state index contributed by atoms with van der Waals surface area (Å²) in [5.41, 5.74) is 2.57. The Morgan fingerprint density at radius 1 is 0.939 bits per heavy atom. The van der Waals surface area contributed by atoms with Gasteiger partial charge < -0.3 is 10.2 Å². The van der Waals surface area contributed by atoms with Crippen molar-refractivity contribution in [3.8, 4) is 0 Å². The molecule has 5 nitrogen and oxygen atoms in total. The maximum absolute atomic E-state index is 13.4. The van der Waals surface area contributed by atoms with E-state index in [1.807, 2.05) is 53.4 Å². The van der Waals surface area contributed by atoms with Crippen LogP contribution < -0.4 is 10.2 Å². The van der Waals surface area contributed by atoms with Crippen molar-refractivity contribution in [1.82, 2.24) is 4.90 Å². The van der Waals surface area contributed by atoms with Crippen LogP contribution in [0, 0.1) is 0 Å². The van der Waals surface area contributed by atoms with Crippen LogP contribution in [0.15, 0.2) is 84.9 Å². The summed E-state index contributed by atoms with van der Waals surface area (Å²) in [5, 5.41) is 3.86. The Morgan fingerprint density at radius 3 is 2.24 bits per heavy atom. The molecule has 4 rings (SSSR count). The lowest BCUT2D eigenvalue weighted by Crippen LogP contribution is -2.38. The average Bonchev–Trinajstić information content (AvgIpc) is 3.05. The van der Waals surface area contributed by atoms with Crippen molar-refractivity contribution in [3.63, 3.8) is 0 Å². The number of anilines is 2. The molecule has 0 radical (unpaired) electrons. The molecular formula is C26H24ClN3O2S. The lowest BCUT2D eigenvalue weighted by atomic mass is 10.1. The lowest BCUT2D eigenvalue weighted by Gasteiger charge is -2.24. The van der Waals surface area contributed by atoms with Gasteiger partial charge in [0.15, 0.2) is 5.11 Å². The van der Waals surface area contributed by atoms with Crippen molar-refractivity contribution in [2.75, 3.05) is 16.8 Å². The molecule has 1 unspecified atom stereocenters. The molecule has 1 aliphatic rings. The van der Waals surface area contributed by atoms with E-state index in [9.17, 15) is 9.59 Å². The van der Waals surface area contributed by atoms with E-state index in [1.54, 1.807) is 24.3 Å². The van der Waals surface area contributed by atoms with Crippen LogP contribution in [0.1, 0.15) is 18.4 Å². The van der Waals surface area contributed by atoms with Crippen molar-refractivity contribution in [2.24, 2.45) is 0 Å². The number of para-hydroxylation sites is 1. The first-order chi connectivity index (χ1) is 16.0. The van der Waals surface area contributed by atoms with Gasteiger partial charge in [-0.2, -0.15) is 0 Å². The van der Waals surface area contributed by atoms with Gasteiger partial charge >= 0.3 is 0 Å². The van der Waals surface area contributed by atoms with Crippen LogP contribution in [-0.2, 0) is 16.0 Å². The molecule has 1 N–H and O–H groups in total. The van der Waals surface area contributed by atoms with Crippen molar-refractivity contribution in [1.29, 1.82) is 0 Å². The Bertz CT molecular complexity index is 1120. The first-order valence-corrected chi connectivity index (χ1v) is 11.6. The van der Waals surface area contributed by atoms with Crippen LogP contribution in [0.5, 0.6) is 0 Å². The molecule has 0 bridgehead atoms. The topological polar surface area (TPSA) is 52.7 Å². The van der Waals surface area contributed by atoms with Gasteiger partial charge in [-0.15, -0.1) is 0 Å². The van der Waals surface area contributed by atoms with Gasteiger partial charge in [-0.25, -0.2) is 0 Å². The van der Waals surface area contributed by atoms with Crippen LogP contribution in [0.25, 0.3) is 0 Å². The summed E-state index contributed by atoms with van der Waals surface area (Å²) >= 11 is 11.7. The molecule has 7 heteroatoms. The standard InChI is InChI=1S/C26H24ClN3O2S/c27-20-13-15-22(16-14-20)30-25(32)23(18-24(31)28-21-11-5-2-6-12-21)29(26(30)33)17-7-10-19-8-3-1-4-9-19/h1-6,8-9,11-16,23H,7,10,17-18H2,(H,28,31). The van der Waals surface area contributed by atoms with E-state index in [4.69, 9.17) is 23.8 Å². The van der Waals surface area contributed by atoms with Crippen LogP contribution in [-0.4, -0.2) is 34.4 Å². The second-order valence-corrected chi connectivity index (χ2v) is 8.65. The number of nitrogens with one attached hydrogen (secondary N) is 1. The molecule has 3 aromatic carbocycles. The number of rotatable bonds is 8. The summed E-state index contributed by atoms with van der Waals surface area (Å²) in [6.07, 6.45) is 1.68. The number of amides is 2. The summed E-state index contributed by atoms with van der Waals surface area (Å²) in [5.74, 6) is -0.432. The number of carbonyl (C=O) groups excluding carboxylic acids is 2. The lowest BCUT2D eigenvalue weighted by molar-refractivity contribution is -0.124. The minimum atomic E-state index is -0.660. The van der Waals surface area contributed by atoms with Gasteiger partial charge in [-0.05, 0) is 67.0 Å². The molecule has 1 heterocycles. The Morgan fingerprint density at radius 2 is 1.58 bits per heavy atom. The van der Waals surface area contributed by atoms with Crippen LogP contribution in [0.2, 0.25) is 5.02 Å². The maximum atomic E-state index is 13.4. The highest BCUT2D eigenvalue weighted by Gasteiger charge is 2.43. The highest BCUT2D eigenvalue weighted by Crippen LogP contribution is 2.29. The Labute approximate surface area is 204 Å². The minimum absolute atomic E-state index is 0.0172. The monoisotopic (exact) mass is 477 g/mol. The molecule has 0 aromatic heterocycles. The van der Waals surface area contributed by atoms with Crippen molar-refractivity contribution in [2.45, 2.75) is 25.3 Å². The van der Waals surface area contributed by atoms with Gasteiger partial charge in [-0.1, -0.05) is 60.1 Å². The quantitative estimate of drug-likeness (QED) is 0.447. The highest BCUT2D eigenvalue weighted by molar-refractivity contribution is 7.80. The molecule has 0 spiro atoms. The summed E-state index contributed by atoms with van der Waals surface area (Å²) in [7, 11) is 0. The number of hydrogen-bond acceptors (Lipinski definition) is 3. The Hall–Kier alpha value is -3.22. The molecular weight excluding hydrogens is 454 g/mol. The third kappa shape index (κ3) is 5.59. The van der Waals surface area contributed by atoms with Crippen LogP contribution >= 0.6 is 23.8 Å². The second-order valence-electron chi connectivity index (χ2n) is 7.85. The number of halogens is 1. The SMILES string of the molecule is O=C(CC1C(=O)N(c2ccc(Cl)cc2)C(=S)N1CCCc1ccccc1)Nc1ccccc1. The minimum Gasteiger partial charge on any atom is -0.336 e. The zero-order valence-electron chi connectivity index (χ0n) is 18.0. The molecule has 1 atom stereocenters. The third-order valence-corrected chi connectivity index (χ3v) is 6.22. The van der Waals surface area contributed by atoms with Crippen LogP contribution in [0.4, 0.5) is 11.4 Å². The maximum Gasteiger partial charge on any atom is 0.256 e. The number of aryl methyl sites for hydroxylation is 1. The largest absolute Gasteiger partial charge is 0.336 e. The smallest absolute Gasteiger partial charge is 0.256 e. The predicted molar refractivity (Wildman–Crippen MR) is 136 cm³/mol. The van der Waals surface area contributed by atoms with E-state index in [2.05, 4.69) is 17.4 Å². The fourth-order valence-corrected chi connectivity index (χ4v) is 4.46. The molecule has 2 amide bonds. The van der Waals surface area contributed by atoms with E-state index in [0.29, 0.717) is 28.1 Å². The summed E-state index contributed by atoms with van der Waals surface area (Å²) < 4.78 is 0. The Kier molecular flexibility index (Phi) is 7.37. The number of carbonyl (C=O) groups is 2. The van der Waals surface area contributed by atoms with E-state index in [0.717, 1.165) is 12.8 Å². The molecule has 3 aromatic rings. The van der Waals surface area contributed by atoms with E-state index in [1.165, 1.54) is 10.5 Å². The van der Waals surface area contributed by atoms with Gasteiger partial charge in [0.05, 0.1) is 12.1 Å². The summed E-state index contributed by atoms with van der Waals surface area (Å²) in [6.45, 7) is 0.576. The Balaban J connectivity index is 1.51. The molecule has 1 fully saturated rings. The van der Waals surface area contributed by atoms with Gasteiger partial charge in [0.1, 0.15) is 6.04 Å². The van der Waals surface area contributed by atoms with E-state index in [-0.39, 0.29) is 18.2 Å². The molecule has 0 saturated carbocycles. The number of nitrogens with zero attached hydrogens (tertiary/aromatic N) is 2. The van der Waals surface area contributed by atoms with Crippen molar-refractivity contribution >= 4 is 52.1 Å². The van der Waals surface area contributed by atoms with E-state index < -0.39 is 6.04 Å². The van der Waals surface area contributed by atoms with Gasteiger partial charge in [0.25, 0.3) is 5.91 Å². The molecule has 1 aliphatic heterocycles. The highest BCUT2D eigenvalue weighted by atomic mass is 35.5. The first-order valence-electron chi connectivity index (χ1n) is 10.8. The van der Waals surface area contributed by atoms with Crippen molar-refractivity contribution < 1.29 is 9.59 Å². The van der Waals surface area contributed by atoms with Crippen molar-refractivity contribution in [3.05, 3.63) is 95.5 Å². The van der Waals surface area contributed by atoms with Crippen LogP contribution in [0.3, 0.4) is 0 Å². The zero-order chi connectivity index (χ0) is 23.2. The van der Waals surface area contributed by atoms with Gasteiger partial charge in [0, 0.05) is 17.3 Å². The number of thiocarbonyl (C=S) groups is 1. The normalized spacial score (nSPS) is 15.7. The fourth-order valence-electron chi connectivity index (χ4n) is 3.92. The van der Waals surface area contributed by atoms with Gasteiger partial charge in [-0.3, -0.25) is 14.5 Å². The van der Waals surface area contributed by atoms with Gasteiger partial charge in [0.2, 0.25) is 5.91 Å². The second kappa shape index (κ2) is 10.6. The number of hydrogen-bond donors (Lipinski definition) is 1. The fraction of sp³-hybridized carbons (Fsp3) is 0.192. The molecule has 1 saturated heterocycles. The zero-order valence-corrected chi connectivity index (χ0v) is 19.6. The summed E-state index contributed by atoms with van der Waals surface area (Å²) in [4.78, 5) is 29.6. The number of benzene rings is 3. The first kappa shape index (κ1) is 23.0. The molecule has 0 aliphatic carbocycles. The third-order valence-electron chi connectivity index (χ3n) is 5.55. The summed E-state index contributed by atoms with van der Waals surface area (Å²) in [6, 6.07) is 25.7. The molecule has 33 heavy (non-hydrogen) atoms.